The summed E-state index contributed by atoms with van der Waals surface area (Å²) < 4.78 is 14.2. The van der Waals surface area contributed by atoms with Crippen LogP contribution in [0.3, 0.4) is 0 Å². The molecule has 0 radical (unpaired) electrons. The molecule has 0 fully saturated rings. The molecule has 5 nitrogen and oxygen atoms in total. The van der Waals surface area contributed by atoms with Gasteiger partial charge in [-0.1, -0.05) is 0 Å². The van der Waals surface area contributed by atoms with Crippen molar-refractivity contribution in [2.75, 3.05) is 19.5 Å². The van der Waals surface area contributed by atoms with E-state index < -0.39 is 5.97 Å². The van der Waals surface area contributed by atoms with Crippen molar-refractivity contribution in [3.8, 4) is 17.0 Å². The Balaban J connectivity index is 2.32. The number of ether oxygens (including phenoxy) is 2. The molecule has 0 saturated carbocycles. The van der Waals surface area contributed by atoms with Crippen LogP contribution in [0.15, 0.2) is 24.3 Å². The van der Waals surface area contributed by atoms with E-state index in [4.69, 9.17) is 10.5 Å². The minimum absolute atomic E-state index is 0.325. The number of carbonyl (C=O) groups excluding carboxylic acids is 1. The third-order valence-corrected chi connectivity index (χ3v) is 3.38. The lowest BCUT2D eigenvalue weighted by molar-refractivity contribution is 0.0607. The van der Waals surface area contributed by atoms with Gasteiger partial charge >= 0.3 is 5.97 Å². The Morgan fingerprint density at radius 3 is 2.63 bits per heavy atom. The zero-order chi connectivity index (χ0) is 13.8. The summed E-state index contributed by atoms with van der Waals surface area (Å²) in [4.78, 5) is 11.8. The van der Waals surface area contributed by atoms with Gasteiger partial charge in [0.25, 0.3) is 0 Å². The molecule has 0 spiro atoms. The van der Waals surface area contributed by atoms with E-state index in [1.54, 1.807) is 0 Å². The van der Waals surface area contributed by atoms with Crippen molar-refractivity contribution >= 4 is 23.2 Å². The topological polar surface area (TPSA) is 74.4 Å². The number of nitrogens with two attached hydrogens (primary N) is 1. The van der Waals surface area contributed by atoms with Gasteiger partial charge in [-0.2, -0.15) is 4.37 Å². The quantitative estimate of drug-likeness (QED) is 0.870. The Morgan fingerprint density at radius 1 is 1.37 bits per heavy atom. The summed E-state index contributed by atoms with van der Waals surface area (Å²) in [5.41, 5.74) is 7.70. The molecule has 100 valence electrons. The summed E-state index contributed by atoms with van der Waals surface area (Å²) in [5, 5.41) is 0. The van der Waals surface area contributed by atoms with Crippen LogP contribution in [0.2, 0.25) is 0 Å². The third-order valence-electron chi connectivity index (χ3n) is 2.54. The second-order valence-corrected chi connectivity index (χ2v) is 4.50. The Labute approximate surface area is 115 Å². The van der Waals surface area contributed by atoms with Gasteiger partial charge in [0.15, 0.2) is 4.88 Å². The summed E-state index contributed by atoms with van der Waals surface area (Å²) in [5.74, 6) is 0.320. The van der Waals surface area contributed by atoms with Crippen LogP contribution < -0.4 is 10.5 Å². The predicted molar refractivity (Wildman–Crippen MR) is 74.5 cm³/mol. The number of benzene rings is 1. The molecule has 2 aromatic rings. The molecule has 1 aromatic heterocycles. The molecule has 0 bridgehead atoms. The number of anilines is 1. The van der Waals surface area contributed by atoms with Crippen LogP contribution in [0, 0.1) is 0 Å². The minimum atomic E-state index is -0.466. The number of carbonyl (C=O) groups is 1. The molecular weight excluding hydrogens is 264 g/mol. The Kier molecular flexibility index (Phi) is 4.01. The summed E-state index contributed by atoms with van der Waals surface area (Å²) in [6.45, 7) is 2.54. The lowest BCUT2D eigenvalue weighted by atomic mass is 10.1. The monoisotopic (exact) mass is 278 g/mol. The van der Waals surface area contributed by atoms with E-state index in [9.17, 15) is 4.79 Å². The van der Waals surface area contributed by atoms with Crippen LogP contribution in [-0.4, -0.2) is 24.1 Å². The average Bonchev–Trinajstić information content (AvgIpc) is 2.81. The number of rotatable bonds is 4. The van der Waals surface area contributed by atoms with E-state index >= 15 is 0 Å². The van der Waals surface area contributed by atoms with Crippen LogP contribution >= 0.6 is 11.5 Å². The average molecular weight is 278 g/mol. The minimum Gasteiger partial charge on any atom is -0.494 e. The molecule has 1 heterocycles. The summed E-state index contributed by atoms with van der Waals surface area (Å²) in [6.07, 6.45) is 0. The zero-order valence-electron chi connectivity index (χ0n) is 10.7. The predicted octanol–water partition coefficient (Wildman–Crippen LogP) is 2.58. The normalized spacial score (nSPS) is 10.2. The molecule has 6 heteroatoms. The molecule has 0 atom stereocenters. The van der Waals surface area contributed by atoms with Gasteiger partial charge in [0.05, 0.1) is 19.4 Å². The van der Waals surface area contributed by atoms with Gasteiger partial charge in [0, 0.05) is 5.56 Å². The fourth-order valence-electron chi connectivity index (χ4n) is 1.62. The van der Waals surface area contributed by atoms with E-state index in [0.717, 1.165) is 22.8 Å². The number of esters is 1. The number of methoxy groups -OCH3 is 1. The van der Waals surface area contributed by atoms with Gasteiger partial charge in [-0.05, 0) is 42.7 Å². The van der Waals surface area contributed by atoms with Crippen molar-refractivity contribution in [2.24, 2.45) is 0 Å². The van der Waals surface area contributed by atoms with Crippen LogP contribution in [0.4, 0.5) is 5.69 Å². The maximum Gasteiger partial charge on any atom is 0.351 e. The highest BCUT2D eigenvalue weighted by Gasteiger charge is 2.18. The first-order valence-corrected chi connectivity index (χ1v) is 6.51. The van der Waals surface area contributed by atoms with Crippen molar-refractivity contribution in [1.29, 1.82) is 0 Å². The second kappa shape index (κ2) is 5.71. The molecule has 2 N–H and O–H groups in total. The standard InChI is InChI=1S/C13H14N2O3S/c1-3-18-9-6-4-8(5-7-9)11-10(14)12(19-15-11)13(16)17-2/h4-7H,3,14H2,1-2H3. The number of hydrogen-bond acceptors (Lipinski definition) is 6. The van der Waals surface area contributed by atoms with Crippen LogP contribution in [-0.2, 0) is 4.74 Å². The van der Waals surface area contributed by atoms with Gasteiger partial charge in [-0.15, -0.1) is 0 Å². The molecule has 0 aliphatic rings. The van der Waals surface area contributed by atoms with Crippen LogP contribution in [0.1, 0.15) is 16.6 Å². The first kappa shape index (κ1) is 13.4. The highest BCUT2D eigenvalue weighted by molar-refractivity contribution is 7.09. The molecule has 0 saturated heterocycles. The van der Waals surface area contributed by atoms with E-state index in [1.807, 2.05) is 31.2 Å². The van der Waals surface area contributed by atoms with Crippen molar-refractivity contribution in [3.63, 3.8) is 0 Å². The first-order chi connectivity index (χ1) is 9.17. The molecule has 0 unspecified atom stereocenters. The third kappa shape index (κ3) is 2.68. The van der Waals surface area contributed by atoms with E-state index in [2.05, 4.69) is 9.11 Å². The Hall–Kier alpha value is -2.08. The molecule has 2 rings (SSSR count). The Morgan fingerprint density at radius 2 is 2.05 bits per heavy atom. The molecule has 1 aromatic carbocycles. The lowest BCUT2D eigenvalue weighted by Gasteiger charge is -2.04. The highest BCUT2D eigenvalue weighted by Crippen LogP contribution is 2.32. The Bertz CT molecular complexity index is 578. The SMILES string of the molecule is CCOc1ccc(-c2nsc(C(=O)OC)c2N)cc1. The van der Waals surface area contributed by atoms with Gasteiger partial charge in [0.2, 0.25) is 0 Å². The van der Waals surface area contributed by atoms with E-state index in [0.29, 0.717) is 22.9 Å². The molecule has 19 heavy (non-hydrogen) atoms. The molecule has 0 aliphatic carbocycles. The zero-order valence-corrected chi connectivity index (χ0v) is 11.5. The van der Waals surface area contributed by atoms with E-state index in [1.165, 1.54) is 7.11 Å². The highest BCUT2D eigenvalue weighted by atomic mass is 32.1. The lowest BCUT2D eigenvalue weighted by Crippen LogP contribution is -2.02. The molecule has 0 amide bonds. The van der Waals surface area contributed by atoms with Crippen molar-refractivity contribution in [3.05, 3.63) is 29.1 Å². The summed E-state index contributed by atoms with van der Waals surface area (Å²) >= 11 is 1.04. The largest absolute Gasteiger partial charge is 0.494 e. The van der Waals surface area contributed by atoms with Crippen molar-refractivity contribution < 1.29 is 14.3 Å². The van der Waals surface area contributed by atoms with Gasteiger partial charge in [0.1, 0.15) is 11.4 Å². The number of aromatic nitrogens is 1. The number of nitrogens with zero attached hydrogens (tertiary/aromatic N) is 1. The molecule has 0 aliphatic heterocycles. The van der Waals surface area contributed by atoms with Gasteiger partial charge in [-0.25, -0.2) is 4.79 Å². The second-order valence-electron chi connectivity index (χ2n) is 3.72. The van der Waals surface area contributed by atoms with Crippen LogP contribution in [0.5, 0.6) is 5.75 Å². The van der Waals surface area contributed by atoms with E-state index in [-0.39, 0.29) is 0 Å². The van der Waals surface area contributed by atoms with Crippen LogP contribution in [0.25, 0.3) is 11.3 Å². The van der Waals surface area contributed by atoms with Crippen molar-refractivity contribution in [2.45, 2.75) is 6.92 Å². The van der Waals surface area contributed by atoms with Crippen molar-refractivity contribution in [1.82, 2.24) is 4.37 Å². The summed E-state index contributed by atoms with van der Waals surface area (Å²) in [6, 6.07) is 7.40. The maximum atomic E-state index is 11.5. The fraction of sp³-hybridized carbons (Fsp3) is 0.231. The maximum absolute atomic E-state index is 11.5. The smallest absolute Gasteiger partial charge is 0.351 e. The number of hydrogen-bond donors (Lipinski definition) is 1. The summed E-state index contributed by atoms with van der Waals surface area (Å²) in [7, 11) is 1.32. The number of nitrogen functional groups attached to an aromatic ring is 1. The van der Waals surface area contributed by atoms with Gasteiger partial charge < -0.3 is 15.2 Å². The molecular formula is C13H14N2O3S. The van der Waals surface area contributed by atoms with Gasteiger partial charge in [-0.3, -0.25) is 0 Å². The first-order valence-electron chi connectivity index (χ1n) is 5.74. The fourth-order valence-corrected chi connectivity index (χ4v) is 2.36.